The second-order valence-corrected chi connectivity index (χ2v) is 7.36. The maximum absolute atomic E-state index is 9.32. The summed E-state index contributed by atoms with van der Waals surface area (Å²) in [5, 5.41) is 13.6. The van der Waals surface area contributed by atoms with Crippen LogP contribution in [0.25, 0.3) is 0 Å². The lowest BCUT2D eigenvalue weighted by Crippen LogP contribution is -2.45. The van der Waals surface area contributed by atoms with Gasteiger partial charge < -0.3 is 0 Å². The van der Waals surface area contributed by atoms with Crippen LogP contribution in [-0.2, 0) is 0 Å². The largest absolute Gasteiger partial charge is 0.296 e. The zero-order valence-electron chi connectivity index (χ0n) is 11.0. The highest BCUT2D eigenvalue weighted by Gasteiger charge is 2.33. The monoisotopic (exact) mass is 252 g/mol. The second-order valence-electron chi connectivity index (χ2n) is 6.07. The van der Waals surface area contributed by atoms with E-state index in [1.165, 1.54) is 38.5 Å². The van der Waals surface area contributed by atoms with Crippen molar-refractivity contribution >= 4 is 11.8 Å². The van der Waals surface area contributed by atoms with Crippen LogP contribution >= 0.6 is 11.8 Å². The zero-order chi connectivity index (χ0) is 12.3. The Morgan fingerprint density at radius 2 is 2.12 bits per heavy atom. The quantitative estimate of drug-likeness (QED) is 0.815. The van der Waals surface area contributed by atoms with Gasteiger partial charge in [0.25, 0.3) is 0 Å². The molecular formula is C14H24N2S. The van der Waals surface area contributed by atoms with Gasteiger partial charge in [0.05, 0.1) is 6.07 Å². The number of nitriles is 1. The molecule has 1 N–H and O–H groups in total. The molecule has 0 aliphatic heterocycles. The Balaban J connectivity index is 1.76. The maximum atomic E-state index is 9.32. The molecular weight excluding hydrogens is 228 g/mol. The van der Waals surface area contributed by atoms with E-state index in [0.29, 0.717) is 6.04 Å². The summed E-state index contributed by atoms with van der Waals surface area (Å²) in [6.45, 7) is 4.42. The lowest BCUT2D eigenvalue weighted by molar-refractivity contribution is 0.393. The van der Waals surface area contributed by atoms with Gasteiger partial charge in [-0.15, -0.1) is 0 Å². The number of hydrogen-bond donors (Lipinski definition) is 1. The molecule has 0 radical (unpaired) electrons. The van der Waals surface area contributed by atoms with Crippen molar-refractivity contribution in [1.82, 2.24) is 5.32 Å². The third-order valence-electron chi connectivity index (χ3n) is 3.84. The molecule has 2 fully saturated rings. The molecule has 96 valence electrons. The summed E-state index contributed by atoms with van der Waals surface area (Å²) in [5.41, 5.74) is -0.313. The van der Waals surface area contributed by atoms with Crippen molar-refractivity contribution in [2.24, 2.45) is 5.92 Å². The molecule has 17 heavy (non-hydrogen) atoms. The van der Waals surface area contributed by atoms with Crippen LogP contribution in [0, 0.1) is 17.2 Å². The fourth-order valence-electron chi connectivity index (χ4n) is 2.60. The van der Waals surface area contributed by atoms with Crippen LogP contribution in [0.5, 0.6) is 0 Å². The van der Waals surface area contributed by atoms with Gasteiger partial charge in [0.1, 0.15) is 5.54 Å². The fourth-order valence-corrected chi connectivity index (χ4v) is 4.11. The molecule has 0 bridgehead atoms. The van der Waals surface area contributed by atoms with E-state index in [2.05, 4.69) is 25.2 Å². The standard InChI is InChI=1S/C14H24N2S/c1-11-4-3-5-13(8-11)17-10-14(2,9-15)16-12-6-7-12/h11-13,16H,3-8,10H2,1-2H3. The number of nitrogens with zero attached hydrogens (tertiary/aromatic N) is 1. The normalized spacial score (nSPS) is 32.8. The highest BCUT2D eigenvalue weighted by atomic mass is 32.2. The van der Waals surface area contributed by atoms with Crippen LogP contribution in [0.15, 0.2) is 0 Å². The molecule has 0 aromatic rings. The number of rotatable bonds is 5. The predicted octanol–water partition coefficient (Wildman–Crippen LogP) is 3.33. The molecule has 0 aromatic heterocycles. The van der Waals surface area contributed by atoms with Gasteiger partial charge in [-0.1, -0.05) is 19.8 Å². The second kappa shape index (κ2) is 5.63. The molecule has 2 saturated carbocycles. The Morgan fingerprint density at radius 3 is 2.71 bits per heavy atom. The highest BCUT2D eigenvalue weighted by Crippen LogP contribution is 2.34. The van der Waals surface area contributed by atoms with Crippen LogP contribution < -0.4 is 5.32 Å². The van der Waals surface area contributed by atoms with Gasteiger partial charge in [-0.2, -0.15) is 17.0 Å². The van der Waals surface area contributed by atoms with Crippen LogP contribution in [0.1, 0.15) is 52.4 Å². The molecule has 2 nitrogen and oxygen atoms in total. The smallest absolute Gasteiger partial charge is 0.113 e. The Kier molecular flexibility index (Phi) is 4.38. The molecule has 3 unspecified atom stereocenters. The van der Waals surface area contributed by atoms with Gasteiger partial charge in [0.2, 0.25) is 0 Å². The Bertz CT molecular complexity index is 295. The third-order valence-corrected chi connectivity index (χ3v) is 5.49. The summed E-state index contributed by atoms with van der Waals surface area (Å²) < 4.78 is 0. The summed E-state index contributed by atoms with van der Waals surface area (Å²) >= 11 is 2.02. The summed E-state index contributed by atoms with van der Waals surface area (Å²) in [6, 6.07) is 3.08. The van der Waals surface area contributed by atoms with E-state index in [9.17, 15) is 5.26 Å². The van der Waals surface area contributed by atoms with Crippen LogP contribution in [0.2, 0.25) is 0 Å². The third kappa shape index (κ3) is 4.19. The van der Waals surface area contributed by atoms with E-state index in [1.807, 2.05) is 11.8 Å². The van der Waals surface area contributed by atoms with Crippen molar-refractivity contribution in [1.29, 1.82) is 5.26 Å². The number of thioether (sulfide) groups is 1. The van der Waals surface area contributed by atoms with Gasteiger partial charge >= 0.3 is 0 Å². The predicted molar refractivity (Wildman–Crippen MR) is 74.1 cm³/mol. The first kappa shape index (κ1) is 13.2. The van der Waals surface area contributed by atoms with E-state index in [0.717, 1.165) is 16.9 Å². The van der Waals surface area contributed by atoms with E-state index in [1.54, 1.807) is 0 Å². The first-order valence-electron chi connectivity index (χ1n) is 6.92. The SMILES string of the molecule is CC1CCCC(SCC(C)(C#N)NC2CC2)C1. The van der Waals surface area contributed by atoms with Gasteiger partial charge in [-0.05, 0) is 38.5 Å². The topological polar surface area (TPSA) is 35.8 Å². The number of nitrogens with one attached hydrogen (secondary N) is 1. The fraction of sp³-hybridized carbons (Fsp3) is 0.929. The minimum Gasteiger partial charge on any atom is -0.296 e. The molecule has 3 heteroatoms. The van der Waals surface area contributed by atoms with Gasteiger partial charge in [0.15, 0.2) is 0 Å². The Morgan fingerprint density at radius 1 is 1.35 bits per heavy atom. The van der Waals surface area contributed by atoms with Crippen LogP contribution in [0.4, 0.5) is 0 Å². The lowest BCUT2D eigenvalue weighted by Gasteiger charge is -2.30. The van der Waals surface area contributed by atoms with Gasteiger partial charge in [-0.25, -0.2) is 0 Å². The molecule has 0 spiro atoms. The number of hydrogen-bond acceptors (Lipinski definition) is 3. The molecule has 2 aliphatic carbocycles. The molecule has 0 heterocycles. The average molecular weight is 252 g/mol. The molecule has 2 rings (SSSR count). The van der Waals surface area contributed by atoms with E-state index in [4.69, 9.17) is 0 Å². The molecule has 0 aromatic carbocycles. The van der Waals surface area contributed by atoms with Crippen molar-refractivity contribution in [2.45, 2.75) is 69.2 Å². The van der Waals surface area contributed by atoms with Crippen molar-refractivity contribution in [3.63, 3.8) is 0 Å². The molecule has 0 amide bonds. The van der Waals surface area contributed by atoms with Crippen LogP contribution in [-0.4, -0.2) is 22.6 Å². The Labute approximate surface area is 110 Å². The molecule has 2 aliphatic rings. The van der Waals surface area contributed by atoms with Gasteiger partial charge in [0, 0.05) is 17.0 Å². The van der Waals surface area contributed by atoms with Crippen molar-refractivity contribution in [2.75, 3.05) is 5.75 Å². The van der Waals surface area contributed by atoms with E-state index >= 15 is 0 Å². The van der Waals surface area contributed by atoms with E-state index < -0.39 is 0 Å². The first-order chi connectivity index (χ1) is 8.11. The summed E-state index contributed by atoms with van der Waals surface area (Å²) in [4.78, 5) is 0. The summed E-state index contributed by atoms with van der Waals surface area (Å²) in [5.74, 6) is 1.82. The minimum atomic E-state index is -0.313. The first-order valence-corrected chi connectivity index (χ1v) is 7.97. The molecule has 0 saturated heterocycles. The molecule has 3 atom stereocenters. The van der Waals surface area contributed by atoms with Crippen molar-refractivity contribution < 1.29 is 0 Å². The minimum absolute atomic E-state index is 0.313. The van der Waals surface area contributed by atoms with Crippen molar-refractivity contribution in [3.05, 3.63) is 0 Å². The van der Waals surface area contributed by atoms with E-state index in [-0.39, 0.29) is 5.54 Å². The lowest BCUT2D eigenvalue weighted by atomic mass is 9.91. The average Bonchev–Trinajstić information content (AvgIpc) is 3.11. The van der Waals surface area contributed by atoms with Gasteiger partial charge in [-0.3, -0.25) is 5.32 Å². The summed E-state index contributed by atoms with van der Waals surface area (Å²) in [7, 11) is 0. The maximum Gasteiger partial charge on any atom is 0.113 e. The zero-order valence-corrected chi connectivity index (χ0v) is 11.9. The van der Waals surface area contributed by atoms with Crippen molar-refractivity contribution in [3.8, 4) is 6.07 Å². The Hall–Kier alpha value is -0.200. The summed E-state index contributed by atoms with van der Waals surface area (Å²) in [6.07, 6.45) is 7.96. The highest BCUT2D eigenvalue weighted by molar-refractivity contribution is 8.00. The van der Waals surface area contributed by atoms with Crippen LogP contribution in [0.3, 0.4) is 0 Å².